The molecule has 0 bridgehead atoms. The highest BCUT2D eigenvalue weighted by Gasteiger charge is 2.47. The Labute approximate surface area is 241 Å². The predicted octanol–water partition coefficient (Wildman–Crippen LogP) is 2.83. The number of aliphatic hydroxyl groups excluding tert-OH is 4. The van der Waals surface area contributed by atoms with E-state index in [1.165, 1.54) is 83.7 Å². The van der Waals surface area contributed by atoms with E-state index in [1.807, 2.05) is 6.08 Å². The lowest BCUT2D eigenvalue weighted by Crippen LogP contribution is -2.43. The van der Waals surface area contributed by atoms with E-state index in [-0.39, 0.29) is 18.6 Å². The van der Waals surface area contributed by atoms with Crippen molar-refractivity contribution in [2.24, 2.45) is 10.8 Å². The Hall–Kier alpha value is -2.51. The van der Waals surface area contributed by atoms with E-state index < -0.39 is 48.1 Å². The van der Waals surface area contributed by atoms with E-state index in [0.717, 1.165) is 11.0 Å². The zero-order valence-corrected chi connectivity index (χ0v) is 24.5. The van der Waals surface area contributed by atoms with Gasteiger partial charge >= 0.3 is 5.69 Å². The zero-order valence-electron chi connectivity index (χ0n) is 24.5. The fraction of sp³-hybridized carbons (Fsp3) is 0.786. The molecule has 1 fully saturated rings. The molecular formula is C28H50N6O7. The third kappa shape index (κ3) is 12.9. The van der Waals surface area contributed by atoms with E-state index in [4.69, 9.17) is 26.2 Å². The van der Waals surface area contributed by atoms with Crippen molar-refractivity contribution in [3.63, 3.8) is 0 Å². The van der Waals surface area contributed by atoms with Gasteiger partial charge < -0.3 is 30.9 Å². The maximum absolute atomic E-state index is 11.9. The minimum absolute atomic E-state index is 0.177. The summed E-state index contributed by atoms with van der Waals surface area (Å²) in [4.78, 5) is 27.9. The molecule has 2 rings (SSSR count). The first-order chi connectivity index (χ1) is 19.6. The van der Waals surface area contributed by atoms with Gasteiger partial charge in [-0.25, -0.2) is 4.79 Å². The second kappa shape index (κ2) is 20.4. The molecule has 41 heavy (non-hydrogen) atoms. The minimum Gasteiger partial charge on any atom is -0.395 e. The minimum atomic E-state index is -1.81. The number of azide groups is 1. The Morgan fingerprint density at radius 2 is 1.76 bits per heavy atom. The highest BCUT2D eigenvalue weighted by molar-refractivity contribution is 5.04. The van der Waals surface area contributed by atoms with Crippen LogP contribution < -0.4 is 17.0 Å². The van der Waals surface area contributed by atoms with Gasteiger partial charge in [0.25, 0.3) is 5.56 Å². The molecule has 1 aromatic rings. The molecule has 0 radical (unpaired) electrons. The Balaban J connectivity index is 0.000000410. The van der Waals surface area contributed by atoms with Crippen molar-refractivity contribution in [1.29, 1.82) is 0 Å². The monoisotopic (exact) mass is 582 g/mol. The van der Waals surface area contributed by atoms with Gasteiger partial charge in [-0.15, -0.1) is 0 Å². The van der Waals surface area contributed by atoms with Crippen molar-refractivity contribution < 1.29 is 25.2 Å². The highest BCUT2D eigenvalue weighted by Crippen LogP contribution is 2.35. The van der Waals surface area contributed by atoms with Crippen LogP contribution in [0.2, 0.25) is 0 Å². The van der Waals surface area contributed by atoms with Gasteiger partial charge in [0.2, 0.25) is 5.85 Å². The molecule has 1 saturated heterocycles. The second-order valence-corrected chi connectivity index (χ2v) is 10.6. The number of aryl methyl sites for hydroxylation is 1. The molecule has 13 nitrogen and oxygen atoms in total. The quantitative estimate of drug-likeness (QED) is 0.0495. The Bertz CT molecular complexity index is 1060. The molecule has 13 heteroatoms. The number of nitrogens with two attached hydrogens (primary N) is 1. The fourth-order valence-electron chi connectivity index (χ4n) is 4.51. The molecule has 0 aliphatic carbocycles. The molecule has 234 valence electrons. The van der Waals surface area contributed by atoms with Crippen LogP contribution in [0.25, 0.3) is 10.4 Å². The molecule has 1 aromatic heterocycles. The summed E-state index contributed by atoms with van der Waals surface area (Å²) in [5.74, 6) is -1.81. The van der Waals surface area contributed by atoms with E-state index in [0.29, 0.717) is 0 Å². The molecule has 0 aromatic carbocycles. The summed E-state index contributed by atoms with van der Waals surface area (Å²) in [6.07, 6.45) is 17.7. The van der Waals surface area contributed by atoms with Crippen LogP contribution in [0, 0.1) is 6.92 Å². The van der Waals surface area contributed by atoms with Gasteiger partial charge in [0.15, 0.2) is 0 Å². The number of ether oxygens (including phenoxy) is 1. The average molecular weight is 583 g/mol. The molecule has 0 amide bonds. The van der Waals surface area contributed by atoms with E-state index >= 15 is 0 Å². The Morgan fingerprint density at radius 1 is 1.17 bits per heavy atom. The molecule has 1 aliphatic heterocycles. The maximum Gasteiger partial charge on any atom is 0.330 e. The summed E-state index contributed by atoms with van der Waals surface area (Å²) in [6.45, 7) is 3.05. The number of nitrogens with one attached hydrogen (secondary N) is 1. The number of allylic oxidation sites excluding steroid dienone is 1. The summed E-state index contributed by atoms with van der Waals surface area (Å²) in [5.41, 5.74) is 13.0. The van der Waals surface area contributed by atoms with Crippen LogP contribution in [0.5, 0.6) is 0 Å². The summed E-state index contributed by atoms with van der Waals surface area (Å²) in [5, 5.41) is 40.6. The van der Waals surface area contributed by atoms with E-state index in [9.17, 15) is 19.8 Å². The zero-order chi connectivity index (χ0) is 30.7. The third-order valence-corrected chi connectivity index (χ3v) is 7.08. The lowest BCUT2D eigenvalue weighted by Gasteiger charge is -2.25. The number of unbranched alkanes of at least 4 members (excludes halogenated alkanes) is 11. The molecule has 0 saturated carbocycles. The van der Waals surface area contributed by atoms with Crippen LogP contribution in [-0.2, 0) is 10.6 Å². The van der Waals surface area contributed by atoms with Crippen LogP contribution in [0.1, 0.15) is 96.0 Å². The van der Waals surface area contributed by atoms with Gasteiger partial charge in [-0.3, -0.25) is 14.3 Å². The van der Waals surface area contributed by atoms with Crippen LogP contribution in [0.15, 0.2) is 33.1 Å². The number of H-pyrrole nitrogens is 1. The first kappa shape index (κ1) is 36.5. The fourth-order valence-corrected chi connectivity index (χ4v) is 4.51. The lowest BCUT2D eigenvalue weighted by atomic mass is 10.0. The van der Waals surface area contributed by atoms with Crippen molar-refractivity contribution in [1.82, 2.24) is 9.55 Å². The van der Waals surface area contributed by atoms with Crippen molar-refractivity contribution in [2.75, 3.05) is 13.2 Å². The SMILES string of the molecule is CCCCCCCCCCCCCC=C[C@@H](O)[C@@H](N)CO.Cc1cn([C@@]2(N=[N+]=[N-])C[C@H](O)[C@@H](CO)O2)c(=O)[nH]c1=O. The van der Waals surface area contributed by atoms with Crippen LogP contribution in [0.4, 0.5) is 0 Å². The Kier molecular flexibility index (Phi) is 18.2. The van der Waals surface area contributed by atoms with Gasteiger partial charge in [-0.1, -0.05) is 83.3 Å². The number of aromatic amines is 1. The molecule has 7 N–H and O–H groups in total. The molecule has 5 atom stereocenters. The van der Waals surface area contributed by atoms with Crippen molar-refractivity contribution in [2.45, 2.75) is 128 Å². The number of rotatable bonds is 18. The number of hydrogen-bond acceptors (Lipinski definition) is 9. The third-order valence-electron chi connectivity index (χ3n) is 7.08. The second-order valence-electron chi connectivity index (χ2n) is 10.6. The van der Waals surface area contributed by atoms with E-state index in [2.05, 4.69) is 21.9 Å². The first-order valence-electron chi connectivity index (χ1n) is 14.7. The molecular weight excluding hydrogens is 532 g/mol. The Morgan fingerprint density at radius 3 is 2.27 bits per heavy atom. The molecule has 2 heterocycles. The summed E-state index contributed by atoms with van der Waals surface area (Å²) < 4.78 is 6.24. The normalized spacial score (nSPS) is 21.7. The number of nitrogens with zero attached hydrogens (tertiary/aromatic N) is 4. The van der Waals surface area contributed by atoms with E-state index in [1.54, 1.807) is 6.08 Å². The van der Waals surface area contributed by atoms with Gasteiger partial charge in [0, 0.05) is 23.1 Å². The van der Waals surface area contributed by atoms with Crippen LogP contribution in [-0.4, -0.2) is 67.5 Å². The summed E-state index contributed by atoms with van der Waals surface area (Å²) in [6, 6.07) is -0.557. The van der Waals surface area contributed by atoms with Crippen molar-refractivity contribution >= 4 is 0 Å². The lowest BCUT2D eigenvalue weighted by molar-refractivity contribution is -0.115. The van der Waals surface area contributed by atoms with Crippen molar-refractivity contribution in [3.05, 3.63) is 55.2 Å². The summed E-state index contributed by atoms with van der Waals surface area (Å²) >= 11 is 0. The maximum atomic E-state index is 11.9. The van der Waals surface area contributed by atoms with Gasteiger partial charge in [0.05, 0.1) is 31.5 Å². The van der Waals surface area contributed by atoms with Gasteiger partial charge in [-0.2, -0.15) is 0 Å². The molecule has 0 spiro atoms. The number of hydrogen-bond donors (Lipinski definition) is 6. The topological polar surface area (TPSA) is 220 Å². The predicted molar refractivity (Wildman–Crippen MR) is 157 cm³/mol. The van der Waals surface area contributed by atoms with Gasteiger partial charge in [-0.05, 0) is 30.4 Å². The average Bonchev–Trinajstić information content (AvgIpc) is 3.28. The van der Waals surface area contributed by atoms with Crippen LogP contribution in [0.3, 0.4) is 0 Å². The first-order valence-corrected chi connectivity index (χ1v) is 14.7. The summed E-state index contributed by atoms with van der Waals surface area (Å²) in [7, 11) is 0. The van der Waals surface area contributed by atoms with Crippen LogP contribution >= 0.6 is 0 Å². The number of aromatic nitrogens is 2. The van der Waals surface area contributed by atoms with Crippen molar-refractivity contribution in [3.8, 4) is 0 Å². The van der Waals surface area contributed by atoms with Gasteiger partial charge in [0.1, 0.15) is 6.10 Å². The standard InChI is InChI=1S/C18H37NO2.C10H13N5O5/c1-2-3-4-5-6-7-8-9-10-11-12-13-14-15-18(21)17(19)16-20;1-5-3-15(9(19)12-8(5)18)10(13-14-11)2-6(17)7(4-16)20-10/h14-15,17-18,20-21H,2-13,16,19H2,1H3;3,6-7,16-17H,2,4H2,1H3,(H,12,18,19)/t17-,18+;6-,7+,10-/m00/s1. The molecule has 1 aliphatic rings. The number of aliphatic hydroxyl groups is 4. The smallest absolute Gasteiger partial charge is 0.330 e. The molecule has 0 unspecified atom stereocenters. The highest BCUT2D eigenvalue weighted by atomic mass is 16.6. The largest absolute Gasteiger partial charge is 0.395 e.